The zero-order valence-electron chi connectivity index (χ0n) is 15.8. The van der Waals surface area contributed by atoms with E-state index >= 15 is 13.2 Å². The summed E-state index contributed by atoms with van der Waals surface area (Å²) in [6.45, 7) is 1.52. The van der Waals surface area contributed by atoms with Gasteiger partial charge >= 0.3 is 0 Å². The molecule has 0 atom stereocenters. The lowest BCUT2D eigenvalue weighted by atomic mass is 9.73. The summed E-state index contributed by atoms with van der Waals surface area (Å²) in [5.74, 6) is -12.5. The van der Waals surface area contributed by atoms with Crippen molar-refractivity contribution in [3.8, 4) is 0 Å². The van der Waals surface area contributed by atoms with Gasteiger partial charge in [0, 0.05) is 11.5 Å². The van der Waals surface area contributed by atoms with Gasteiger partial charge in [0.2, 0.25) is 0 Å². The average Bonchev–Trinajstić information content (AvgIpc) is 2.73. The van der Waals surface area contributed by atoms with Crippen LogP contribution in [0.5, 0.6) is 0 Å². The molecule has 0 bridgehead atoms. The Morgan fingerprint density at radius 2 is 1.40 bits per heavy atom. The molecule has 30 heavy (non-hydrogen) atoms. The van der Waals surface area contributed by atoms with Crippen molar-refractivity contribution in [1.82, 2.24) is 0 Å². The van der Waals surface area contributed by atoms with Crippen molar-refractivity contribution < 1.29 is 30.7 Å². The maximum Gasteiger partial charge on any atom is 0.194 e. The van der Waals surface area contributed by atoms with Crippen LogP contribution in [0.2, 0.25) is 0 Å². The lowest BCUT2D eigenvalue weighted by molar-refractivity contribution is 0.252. The molecular weight excluding hydrogens is 409 g/mol. The van der Waals surface area contributed by atoms with Crippen molar-refractivity contribution in [2.24, 2.45) is 5.41 Å². The molecule has 0 aliphatic heterocycles. The molecule has 0 radical (unpaired) electrons. The van der Waals surface area contributed by atoms with Crippen LogP contribution in [0.25, 0.3) is 5.83 Å². The van der Waals surface area contributed by atoms with Crippen molar-refractivity contribution >= 4 is 5.83 Å². The van der Waals surface area contributed by atoms with E-state index in [1.165, 1.54) is 6.92 Å². The summed E-state index contributed by atoms with van der Waals surface area (Å²) in [7, 11) is 0. The molecule has 0 heterocycles. The van der Waals surface area contributed by atoms with Gasteiger partial charge in [-0.25, -0.2) is 30.7 Å². The first-order valence-electron chi connectivity index (χ1n) is 9.23. The predicted octanol–water partition coefficient (Wildman–Crippen LogP) is 8.00. The Morgan fingerprint density at radius 1 is 0.867 bits per heavy atom. The number of hydrogen-bond acceptors (Lipinski definition) is 0. The quantitative estimate of drug-likeness (QED) is 0.336. The van der Waals surface area contributed by atoms with Crippen LogP contribution in [0.3, 0.4) is 0 Å². The van der Waals surface area contributed by atoms with E-state index in [1.54, 1.807) is 30.3 Å². The maximum atomic E-state index is 15.2. The van der Waals surface area contributed by atoms with E-state index in [0.717, 1.165) is 12.2 Å². The molecule has 0 aromatic heterocycles. The minimum Gasteiger partial charge on any atom is -0.211 e. The van der Waals surface area contributed by atoms with Gasteiger partial charge in [-0.3, -0.25) is 0 Å². The fraction of sp³-hybridized carbons (Fsp3) is 0.217. The number of benzene rings is 2. The molecule has 0 N–H and O–H groups in total. The second-order valence-electron chi connectivity index (χ2n) is 7.00. The molecule has 2 aromatic carbocycles. The van der Waals surface area contributed by atoms with Crippen LogP contribution in [-0.2, 0) is 0 Å². The van der Waals surface area contributed by atoms with Crippen LogP contribution in [0, 0.1) is 22.9 Å². The third kappa shape index (κ3) is 3.68. The van der Waals surface area contributed by atoms with Gasteiger partial charge in [0.1, 0.15) is 17.1 Å². The summed E-state index contributed by atoms with van der Waals surface area (Å²) in [6, 6.07) is 8.75. The first kappa shape index (κ1) is 21.9. The minimum absolute atomic E-state index is 0.0748. The highest BCUT2D eigenvalue weighted by Gasteiger charge is 2.48. The van der Waals surface area contributed by atoms with Gasteiger partial charge in [0.15, 0.2) is 29.1 Å². The third-order valence-electron chi connectivity index (χ3n) is 5.08. The molecule has 0 nitrogen and oxygen atoms in total. The lowest BCUT2D eigenvalue weighted by Crippen LogP contribution is -2.28. The molecule has 0 spiro atoms. The zero-order chi connectivity index (χ0) is 22.1. The van der Waals surface area contributed by atoms with Gasteiger partial charge in [0.25, 0.3) is 0 Å². The Morgan fingerprint density at radius 3 is 1.90 bits per heavy atom. The lowest BCUT2D eigenvalue weighted by Gasteiger charge is -2.33. The van der Waals surface area contributed by atoms with E-state index < -0.39 is 64.1 Å². The van der Waals surface area contributed by atoms with Gasteiger partial charge in [-0.2, -0.15) is 0 Å². The summed E-state index contributed by atoms with van der Waals surface area (Å²) >= 11 is 0. The number of rotatable bonds is 5. The molecule has 1 aliphatic carbocycles. The molecule has 0 unspecified atom stereocenters. The Bertz CT molecular complexity index is 992. The second kappa shape index (κ2) is 8.50. The van der Waals surface area contributed by atoms with Crippen molar-refractivity contribution in [3.05, 3.63) is 101 Å². The summed E-state index contributed by atoms with van der Waals surface area (Å²) in [4.78, 5) is 0. The smallest absolute Gasteiger partial charge is 0.194 e. The van der Waals surface area contributed by atoms with Crippen molar-refractivity contribution in [3.63, 3.8) is 0 Å². The molecule has 3 rings (SSSR count). The van der Waals surface area contributed by atoms with Crippen LogP contribution in [0.15, 0.2) is 72.1 Å². The monoisotopic (exact) mass is 426 g/mol. The topological polar surface area (TPSA) is 0 Å². The first-order chi connectivity index (χ1) is 14.2. The third-order valence-corrected chi connectivity index (χ3v) is 5.08. The molecule has 0 saturated heterocycles. The molecule has 0 amide bonds. The van der Waals surface area contributed by atoms with Crippen LogP contribution < -0.4 is 0 Å². The Balaban J connectivity index is 2.14. The van der Waals surface area contributed by atoms with Gasteiger partial charge < -0.3 is 0 Å². The standard InChI is InChI=1S/C23H17F7/c1-2-8-23(22(30)20(28)15-9-16(24)21(29)17(25)10-15)18(26)11-14(12-19(23)27)13-6-4-3-5-7-13/h3-7,9-12,14H,2,8H2,1H3/b22-20+. The number of hydrogen-bond donors (Lipinski definition) is 0. The molecule has 0 saturated carbocycles. The molecule has 7 heteroatoms. The van der Waals surface area contributed by atoms with E-state index in [2.05, 4.69) is 0 Å². The van der Waals surface area contributed by atoms with Crippen LogP contribution >= 0.6 is 0 Å². The molecule has 158 valence electrons. The maximum absolute atomic E-state index is 15.2. The number of halogens is 7. The molecule has 0 fully saturated rings. The van der Waals surface area contributed by atoms with Gasteiger partial charge in [0.05, 0.1) is 0 Å². The predicted molar refractivity (Wildman–Crippen MR) is 100 cm³/mol. The van der Waals surface area contributed by atoms with Crippen LogP contribution in [0.4, 0.5) is 30.7 Å². The van der Waals surface area contributed by atoms with E-state index in [0.29, 0.717) is 5.56 Å². The normalized spacial score (nSPS) is 22.3. The summed E-state index contributed by atoms with van der Waals surface area (Å²) in [5.41, 5.74) is -3.14. The Labute approximate surface area is 169 Å². The van der Waals surface area contributed by atoms with Crippen molar-refractivity contribution in [1.29, 1.82) is 0 Å². The largest absolute Gasteiger partial charge is 0.211 e. The van der Waals surface area contributed by atoms with E-state index in [9.17, 15) is 17.6 Å². The highest BCUT2D eigenvalue weighted by molar-refractivity contribution is 5.65. The summed E-state index contributed by atoms with van der Waals surface area (Å²) < 4.78 is 100. The fourth-order valence-electron chi connectivity index (χ4n) is 3.56. The summed E-state index contributed by atoms with van der Waals surface area (Å²) in [5, 5.41) is 0. The van der Waals surface area contributed by atoms with Crippen molar-refractivity contribution in [2.75, 3.05) is 0 Å². The van der Waals surface area contributed by atoms with Gasteiger partial charge in [-0.15, -0.1) is 0 Å². The van der Waals surface area contributed by atoms with E-state index in [4.69, 9.17) is 0 Å². The molecule has 1 aliphatic rings. The summed E-state index contributed by atoms with van der Waals surface area (Å²) in [6.07, 6.45) is 1.56. The first-order valence-corrected chi connectivity index (χ1v) is 9.23. The fourth-order valence-corrected chi connectivity index (χ4v) is 3.56. The van der Waals surface area contributed by atoms with Gasteiger partial charge in [-0.05, 0) is 36.3 Å². The highest BCUT2D eigenvalue weighted by Crippen LogP contribution is 2.54. The second-order valence-corrected chi connectivity index (χ2v) is 7.00. The SMILES string of the molecule is CCCC1(/C(F)=C(\F)c2cc(F)c(F)c(F)c2)C(F)=CC(c2ccccc2)C=C1F. The van der Waals surface area contributed by atoms with E-state index in [-0.39, 0.29) is 18.6 Å². The minimum atomic E-state index is -2.69. The number of allylic oxidation sites excluding steroid dienone is 5. The van der Waals surface area contributed by atoms with Crippen molar-refractivity contribution in [2.45, 2.75) is 25.7 Å². The highest BCUT2D eigenvalue weighted by atomic mass is 19.2. The molecule has 2 aromatic rings. The van der Waals surface area contributed by atoms with Crippen LogP contribution in [-0.4, -0.2) is 0 Å². The molecular formula is C23H17F7. The Kier molecular flexibility index (Phi) is 6.19. The van der Waals surface area contributed by atoms with Crippen LogP contribution in [0.1, 0.15) is 36.8 Å². The zero-order valence-corrected chi connectivity index (χ0v) is 15.8. The Hall–Kier alpha value is -2.83. The van der Waals surface area contributed by atoms with E-state index in [1.807, 2.05) is 0 Å². The van der Waals surface area contributed by atoms with Gasteiger partial charge in [-0.1, -0.05) is 43.7 Å². The average molecular weight is 426 g/mol.